The molecule has 0 atom stereocenters. The van der Waals surface area contributed by atoms with Gasteiger partial charge in [0.25, 0.3) is 5.69 Å². The van der Waals surface area contributed by atoms with Crippen LogP contribution in [-0.4, -0.2) is 32.1 Å². The Morgan fingerprint density at radius 1 is 1.14 bits per heavy atom. The first-order valence-corrected chi connectivity index (χ1v) is 12.7. The number of rotatable bonds is 6. The smallest absolute Gasteiger partial charge is 0.431 e. The molecule has 0 aliphatic heterocycles. The van der Waals surface area contributed by atoms with Gasteiger partial charge in [0.2, 0.25) is 0 Å². The van der Waals surface area contributed by atoms with Crippen molar-refractivity contribution in [3.8, 4) is 5.75 Å². The van der Waals surface area contributed by atoms with E-state index in [2.05, 4.69) is 33.9 Å². The second-order valence-electron chi connectivity index (χ2n) is 8.93. The third-order valence-corrected chi connectivity index (χ3v) is 10.3. The normalized spacial score (nSPS) is 20.5. The molecular weight excluding hydrogens is 378 g/mol. The molecule has 0 unspecified atom stereocenters. The van der Waals surface area contributed by atoms with Crippen molar-refractivity contribution in [3.05, 3.63) is 34.4 Å². The number of nitro benzene ring substituents is 1. The first kappa shape index (κ1) is 22.4. The summed E-state index contributed by atoms with van der Waals surface area (Å²) in [5, 5.41) is 10.8. The summed E-state index contributed by atoms with van der Waals surface area (Å²) in [5.41, 5.74) is -0.0565. The van der Waals surface area contributed by atoms with E-state index in [0.717, 1.165) is 32.3 Å². The Morgan fingerprint density at radius 3 is 2.21 bits per heavy atom. The maximum atomic E-state index is 12.0. The quantitative estimate of drug-likeness (QED) is 0.197. The van der Waals surface area contributed by atoms with E-state index < -0.39 is 19.4 Å². The molecule has 0 heterocycles. The molecule has 1 aliphatic rings. The van der Waals surface area contributed by atoms with Crippen LogP contribution in [-0.2, 0) is 9.16 Å². The van der Waals surface area contributed by atoms with Crippen molar-refractivity contribution in [2.75, 3.05) is 6.61 Å². The molecule has 1 aromatic rings. The molecule has 28 heavy (non-hydrogen) atoms. The van der Waals surface area contributed by atoms with Crippen LogP contribution in [0, 0.1) is 16.0 Å². The summed E-state index contributed by atoms with van der Waals surface area (Å²) in [6, 6.07) is 5.34. The number of carbonyl (C=O) groups is 1. The van der Waals surface area contributed by atoms with Crippen LogP contribution in [0.3, 0.4) is 0 Å². The Bertz CT molecular complexity index is 675. The van der Waals surface area contributed by atoms with E-state index in [1.807, 2.05) is 0 Å². The molecule has 0 saturated heterocycles. The minimum absolute atomic E-state index is 0.0565. The van der Waals surface area contributed by atoms with Crippen molar-refractivity contribution in [2.24, 2.45) is 5.92 Å². The van der Waals surface area contributed by atoms with Crippen LogP contribution < -0.4 is 4.74 Å². The zero-order valence-electron chi connectivity index (χ0n) is 17.4. The molecule has 0 bridgehead atoms. The zero-order chi connectivity index (χ0) is 20.9. The van der Waals surface area contributed by atoms with Gasteiger partial charge in [-0.15, -0.1) is 0 Å². The van der Waals surface area contributed by atoms with Crippen molar-refractivity contribution in [2.45, 2.75) is 70.7 Å². The molecule has 1 aromatic carbocycles. The van der Waals surface area contributed by atoms with Gasteiger partial charge in [0.15, 0.2) is 8.32 Å². The topological polar surface area (TPSA) is 87.9 Å². The Balaban J connectivity index is 1.73. The van der Waals surface area contributed by atoms with Gasteiger partial charge < -0.3 is 13.9 Å². The first-order chi connectivity index (χ1) is 13.0. The van der Waals surface area contributed by atoms with Crippen LogP contribution in [0.15, 0.2) is 24.3 Å². The molecule has 0 aromatic heterocycles. The molecule has 2 rings (SSSR count). The second-order valence-corrected chi connectivity index (χ2v) is 13.7. The van der Waals surface area contributed by atoms with Gasteiger partial charge in [-0.3, -0.25) is 10.1 Å². The molecule has 0 spiro atoms. The standard InChI is InChI=1S/C20H31NO6Si/c1-20(2,3)28(4,5)25-14-15-6-10-17(11-7-15)26-19(22)27-18-12-8-16(9-13-18)21(23)24/h8-9,12-13,15,17H,6-7,10-11,14H2,1-5H3/t15-,17-. The number of carbonyl (C=O) groups excluding carboxylic acids is 1. The summed E-state index contributed by atoms with van der Waals surface area (Å²) in [4.78, 5) is 22.1. The highest BCUT2D eigenvalue weighted by Crippen LogP contribution is 2.37. The molecule has 1 saturated carbocycles. The molecule has 1 fully saturated rings. The van der Waals surface area contributed by atoms with E-state index in [1.165, 1.54) is 24.3 Å². The summed E-state index contributed by atoms with van der Waals surface area (Å²) in [6.07, 6.45) is 2.58. The van der Waals surface area contributed by atoms with E-state index in [4.69, 9.17) is 13.9 Å². The van der Waals surface area contributed by atoms with Gasteiger partial charge in [-0.05, 0) is 61.9 Å². The summed E-state index contributed by atoms with van der Waals surface area (Å²) >= 11 is 0. The maximum Gasteiger partial charge on any atom is 0.514 e. The predicted octanol–water partition coefficient (Wildman–Crippen LogP) is 5.69. The average Bonchev–Trinajstić information content (AvgIpc) is 2.60. The van der Waals surface area contributed by atoms with Crippen LogP contribution >= 0.6 is 0 Å². The highest BCUT2D eigenvalue weighted by Gasteiger charge is 2.38. The fraction of sp³-hybridized carbons (Fsp3) is 0.650. The van der Waals surface area contributed by atoms with Crippen LogP contribution in [0.5, 0.6) is 5.75 Å². The summed E-state index contributed by atoms with van der Waals surface area (Å²) < 4.78 is 16.8. The van der Waals surface area contributed by atoms with Crippen molar-refractivity contribution in [3.63, 3.8) is 0 Å². The second kappa shape index (κ2) is 9.04. The highest BCUT2D eigenvalue weighted by atomic mass is 28.4. The number of hydrogen-bond acceptors (Lipinski definition) is 6. The van der Waals surface area contributed by atoms with Crippen molar-refractivity contribution < 1.29 is 23.6 Å². The molecule has 8 heteroatoms. The van der Waals surface area contributed by atoms with Gasteiger partial charge in [0.1, 0.15) is 11.9 Å². The number of nitro groups is 1. The minimum atomic E-state index is -1.73. The number of benzene rings is 1. The van der Waals surface area contributed by atoms with E-state index in [9.17, 15) is 14.9 Å². The fourth-order valence-corrected chi connectivity index (χ4v) is 3.94. The Labute approximate surface area is 167 Å². The lowest BCUT2D eigenvalue weighted by Crippen LogP contribution is -2.42. The van der Waals surface area contributed by atoms with Crippen LogP contribution in [0.4, 0.5) is 10.5 Å². The van der Waals surface area contributed by atoms with Gasteiger partial charge >= 0.3 is 6.16 Å². The van der Waals surface area contributed by atoms with Crippen LogP contribution in [0.1, 0.15) is 46.5 Å². The molecule has 156 valence electrons. The van der Waals surface area contributed by atoms with Crippen molar-refractivity contribution in [1.82, 2.24) is 0 Å². The minimum Gasteiger partial charge on any atom is -0.431 e. The Morgan fingerprint density at radius 2 is 1.71 bits per heavy atom. The lowest BCUT2D eigenvalue weighted by Gasteiger charge is -2.38. The summed E-state index contributed by atoms with van der Waals surface area (Å²) in [7, 11) is -1.73. The third kappa shape index (κ3) is 6.30. The summed E-state index contributed by atoms with van der Waals surface area (Å²) in [5.74, 6) is 0.728. The molecule has 7 nitrogen and oxygen atoms in total. The first-order valence-electron chi connectivity index (χ1n) is 9.75. The predicted molar refractivity (Wildman–Crippen MR) is 109 cm³/mol. The molecular formula is C20H31NO6Si. The Kier molecular flexibility index (Phi) is 7.22. The number of non-ortho nitro benzene ring substituents is 1. The van der Waals surface area contributed by atoms with E-state index in [0.29, 0.717) is 5.92 Å². The van der Waals surface area contributed by atoms with Gasteiger partial charge in [-0.25, -0.2) is 4.79 Å². The number of hydrogen-bond donors (Lipinski definition) is 0. The number of ether oxygens (including phenoxy) is 2. The lowest BCUT2D eigenvalue weighted by atomic mass is 9.88. The largest absolute Gasteiger partial charge is 0.514 e. The molecule has 0 radical (unpaired) electrons. The van der Waals surface area contributed by atoms with Crippen molar-refractivity contribution >= 4 is 20.2 Å². The van der Waals surface area contributed by atoms with Gasteiger partial charge in [0.05, 0.1) is 4.92 Å². The van der Waals surface area contributed by atoms with Gasteiger partial charge in [0, 0.05) is 18.7 Å². The van der Waals surface area contributed by atoms with E-state index in [1.54, 1.807) is 0 Å². The average molecular weight is 410 g/mol. The SMILES string of the molecule is CC(C)(C)[Si](C)(C)OC[C@H]1CC[C@H](OC(=O)Oc2ccc([N+](=O)[O-])cc2)CC1. The molecule has 0 N–H and O–H groups in total. The Hall–Kier alpha value is -1.93. The molecule has 1 aliphatic carbocycles. The lowest BCUT2D eigenvalue weighted by molar-refractivity contribution is -0.384. The monoisotopic (exact) mass is 409 g/mol. The van der Waals surface area contributed by atoms with Crippen LogP contribution in [0.25, 0.3) is 0 Å². The van der Waals surface area contributed by atoms with Crippen molar-refractivity contribution in [1.29, 1.82) is 0 Å². The van der Waals surface area contributed by atoms with Gasteiger partial charge in [-0.1, -0.05) is 20.8 Å². The maximum absolute atomic E-state index is 12.0. The van der Waals surface area contributed by atoms with Crippen LogP contribution in [0.2, 0.25) is 18.1 Å². The third-order valence-electron chi connectivity index (χ3n) is 5.79. The zero-order valence-corrected chi connectivity index (χ0v) is 18.4. The molecule has 0 amide bonds. The number of nitrogens with zero attached hydrogens (tertiary/aromatic N) is 1. The van der Waals surface area contributed by atoms with E-state index in [-0.39, 0.29) is 22.6 Å². The van der Waals surface area contributed by atoms with Gasteiger partial charge in [-0.2, -0.15) is 0 Å². The van der Waals surface area contributed by atoms with E-state index >= 15 is 0 Å². The fourth-order valence-electron chi connectivity index (χ4n) is 2.85. The summed E-state index contributed by atoms with van der Waals surface area (Å²) in [6.45, 7) is 12.0. The highest BCUT2D eigenvalue weighted by molar-refractivity contribution is 6.74.